The number of hydrogen-bond acceptors (Lipinski definition) is 4. The van der Waals surface area contributed by atoms with Crippen molar-refractivity contribution in [3.63, 3.8) is 0 Å². The molecule has 1 aliphatic heterocycles. The molecule has 188 valence electrons. The van der Waals surface area contributed by atoms with E-state index in [0.717, 1.165) is 12.1 Å². The van der Waals surface area contributed by atoms with Crippen LogP contribution < -0.4 is 5.32 Å². The number of piperazine rings is 1. The number of carbonyl (C=O) groups excluding carboxylic acids is 1. The number of halogens is 5. The minimum atomic E-state index is -3.35. The topological polar surface area (TPSA) is 69.7 Å². The molecule has 1 amide bonds. The summed E-state index contributed by atoms with van der Waals surface area (Å²) in [6, 6.07) is 2.63. The molecule has 33 heavy (non-hydrogen) atoms. The molecule has 0 atom stereocenters. The standard InChI is InChI=1S/C21H29F4N3O3S.ClH/c1-2-13-32(30,31)28-11-9-27(10-12-28)20(5-7-21(24,25)8-6-20)15-26-19(29)17-4-3-16(22)14-18(17)23;/h3-4,14H,2,5-13,15H2,1H3,(H,26,29);1H. The van der Waals surface area contributed by atoms with Crippen molar-refractivity contribution >= 4 is 28.3 Å². The van der Waals surface area contributed by atoms with Crippen LogP contribution in [-0.2, 0) is 10.0 Å². The van der Waals surface area contributed by atoms with Crippen molar-refractivity contribution in [3.8, 4) is 0 Å². The van der Waals surface area contributed by atoms with Crippen LogP contribution in [-0.4, -0.2) is 73.5 Å². The predicted octanol–water partition coefficient (Wildman–Crippen LogP) is 3.42. The average molecular weight is 516 g/mol. The van der Waals surface area contributed by atoms with Gasteiger partial charge in [-0.3, -0.25) is 9.69 Å². The second-order valence-corrected chi connectivity index (χ2v) is 10.7. The van der Waals surface area contributed by atoms with Crippen molar-refractivity contribution in [2.45, 2.75) is 50.5 Å². The van der Waals surface area contributed by atoms with Gasteiger partial charge in [0.25, 0.3) is 5.91 Å². The maximum Gasteiger partial charge on any atom is 0.254 e. The summed E-state index contributed by atoms with van der Waals surface area (Å²) in [6.45, 7) is 3.02. The van der Waals surface area contributed by atoms with E-state index >= 15 is 0 Å². The van der Waals surface area contributed by atoms with Crippen molar-refractivity contribution in [2.24, 2.45) is 0 Å². The number of nitrogens with zero attached hydrogens (tertiary/aromatic N) is 2. The quantitative estimate of drug-likeness (QED) is 0.565. The summed E-state index contributed by atoms with van der Waals surface area (Å²) in [7, 11) is -3.35. The highest BCUT2D eigenvalue weighted by molar-refractivity contribution is 7.89. The molecular formula is C21H30ClF4N3O3S. The van der Waals surface area contributed by atoms with Crippen LogP contribution >= 0.6 is 12.4 Å². The Bertz CT molecular complexity index is 931. The first kappa shape index (κ1) is 27.8. The number of sulfonamides is 1. The van der Waals surface area contributed by atoms with Crippen molar-refractivity contribution in [3.05, 3.63) is 35.4 Å². The number of rotatable bonds is 7. The van der Waals surface area contributed by atoms with Crippen LogP contribution in [0.4, 0.5) is 17.6 Å². The lowest BCUT2D eigenvalue weighted by Gasteiger charge is -2.50. The Balaban J connectivity index is 0.00000385. The maximum atomic E-state index is 14.0. The van der Waals surface area contributed by atoms with E-state index in [9.17, 15) is 30.8 Å². The lowest BCUT2D eigenvalue weighted by molar-refractivity contribution is -0.0856. The van der Waals surface area contributed by atoms with Gasteiger partial charge in [0.15, 0.2) is 0 Å². The number of benzene rings is 1. The highest BCUT2D eigenvalue weighted by Gasteiger charge is 2.47. The van der Waals surface area contributed by atoms with Gasteiger partial charge in [-0.1, -0.05) is 6.92 Å². The number of hydrogen-bond donors (Lipinski definition) is 1. The lowest BCUT2D eigenvalue weighted by Crippen LogP contribution is -2.63. The first-order valence-corrected chi connectivity index (χ1v) is 12.4. The predicted molar refractivity (Wildman–Crippen MR) is 119 cm³/mol. The molecule has 1 aromatic carbocycles. The Labute approximate surface area is 198 Å². The van der Waals surface area contributed by atoms with E-state index in [1.807, 2.05) is 4.90 Å². The molecule has 1 saturated carbocycles. The van der Waals surface area contributed by atoms with Gasteiger partial charge in [0.05, 0.1) is 11.3 Å². The Morgan fingerprint density at radius 2 is 1.67 bits per heavy atom. The van der Waals surface area contributed by atoms with E-state index in [2.05, 4.69) is 5.32 Å². The van der Waals surface area contributed by atoms with E-state index in [1.165, 1.54) is 4.31 Å². The molecule has 1 saturated heterocycles. The van der Waals surface area contributed by atoms with Gasteiger partial charge in [0.2, 0.25) is 15.9 Å². The smallest absolute Gasteiger partial charge is 0.254 e. The Kier molecular flexibility index (Phi) is 9.17. The molecule has 0 unspecified atom stereocenters. The number of alkyl halides is 2. The third-order valence-corrected chi connectivity index (χ3v) is 8.51. The molecule has 2 fully saturated rings. The summed E-state index contributed by atoms with van der Waals surface area (Å²) >= 11 is 0. The van der Waals surface area contributed by atoms with Crippen LogP contribution in [0.15, 0.2) is 18.2 Å². The zero-order valence-electron chi connectivity index (χ0n) is 18.5. The molecule has 0 bridgehead atoms. The summed E-state index contributed by atoms with van der Waals surface area (Å²) in [5, 5.41) is 2.64. The molecule has 0 aromatic heterocycles. The zero-order chi connectivity index (χ0) is 23.6. The first-order valence-electron chi connectivity index (χ1n) is 10.8. The summed E-state index contributed by atoms with van der Waals surface area (Å²) < 4.78 is 81.0. The normalized spacial score (nSPS) is 21.2. The first-order chi connectivity index (χ1) is 15.0. The average Bonchev–Trinajstić information content (AvgIpc) is 2.73. The monoisotopic (exact) mass is 515 g/mol. The molecule has 1 N–H and O–H groups in total. The van der Waals surface area contributed by atoms with Gasteiger partial charge in [-0.15, -0.1) is 12.4 Å². The van der Waals surface area contributed by atoms with E-state index in [1.54, 1.807) is 6.92 Å². The highest BCUT2D eigenvalue weighted by atomic mass is 35.5. The van der Waals surface area contributed by atoms with Gasteiger partial charge in [-0.05, 0) is 31.4 Å². The molecule has 1 aromatic rings. The van der Waals surface area contributed by atoms with Gasteiger partial charge in [0, 0.05) is 57.2 Å². The van der Waals surface area contributed by atoms with E-state index < -0.39 is 39.0 Å². The van der Waals surface area contributed by atoms with E-state index in [0.29, 0.717) is 25.6 Å². The van der Waals surface area contributed by atoms with E-state index in [4.69, 9.17) is 0 Å². The fourth-order valence-electron chi connectivity index (χ4n) is 4.53. The molecule has 0 radical (unpaired) electrons. The largest absolute Gasteiger partial charge is 0.350 e. The summed E-state index contributed by atoms with van der Waals surface area (Å²) in [5.41, 5.74) is -1.10. The minimum absolute atomic E-state index is 0. The molecule has 12 heteroatoms. The van der Waals surface area contributed by atoms with Crippen molar-refractivity contribution in [1.82, 2.24) is 14.5 Å². The van der Waals surface area contributed by atoms with Crippen LogP contribution in [0.5, 0.6) is 0 Å². The molecule has 1 heterocycles. The molecule has 1 aliphatic carbocycles. The van der Waals surface area contributed by atoms with Crippen molar-refractivity contribution in [1.29, 1.82) is 0 Å². The number of amides is 1. The molecule has 6 nitrogen and oxygen atoms in total. The van der Waals surface area contributed by atoms with Crippen LogP contribution in [0, 0.1) is 11.6 Å². The summed E-state index contributed by atoms with van der Waals surface area (Å²) in [4.78, 5) is 14.5. The molecule has 2 aliphatic rings. The van der Waals surface area contributed by atoms with Crippen LogP contribution in [0.1, 0.15) is 49.4 Å². The fourth-order valence-corrected chi connectivity index (χ4v) is 6.02. The Hall–Kier alpha value is -1.43. The second-order valence-electron chi connectivity index (χ2n) is 8.59. The Morgan fingerprint density at radius 3 is 2.21 bits per heavy atom. The number of carbonyl (C=O) groups is 1. The molecular weight excluding hydrogens is 486 g/mol. The van der Waals surface area contributed by atoms with E-state index in [-0.39, 0.29) is 69.0 Å². The third kappa shape index (κ3) is 6.58. The minimum Gasteiger partial charge on any atom is -0.350 e. The summed E-state index contributed by atoms with van der Waals surface area (Å²) in [5.74, 6) is -5.28. The van der Waals surface area contributed by atoms with Crippen LogP contribution in [0.3, 0.4) is 0 Å². The van der Waals surface area contributed by atoms with Crippen LogP contribution in [0.25, 0.3) is 0 Å². The lowest BCUT2D eigenvalue weighted by atomic mass is 9.78. The van der Waals surface area contributed by atoms with Gasteiger partial charge < -0.3 is 5.32 Å². The molecule has 3 rings (SSSR count). The van der Waals surface area contributed by atoms with Crippen molar-refractivity contribution in [2.75, 3.05) is 38.5 Å². The van der Waals surface area contributed by atoms with Crippen molar-refractivity contribution < 1.29 is 30.8 Å². The maximum absolute atomic E-state index is 14.0. The summed E-state index contributed by atoms with van der Waals surface area (Å²) in [6.07, 6.45) is 0.0551. The Morgan fingerprint density at radius 1 is 1.06 bits per heavy atom. The second kappa shape index (κ2) is 10.9. The van der Waals surface area contributed by atoms with Crippen LogP contribution in [0.2, 0.25) is 0 Å². The number of nitrogens with one attached hydrogen (secondary N) is 1. The SMILES string of the molecule is CCCS(=O)(=O)N1CCN(C2(CNC(=O)c3ccc(F)cc3F)CCC(F)(F)CC2)CC1.Cl. The zero-order valence-corrected chi connectivity index (χ0v) is 20.1. The molecule has 0 spiro atoms. The third-order valence-electron chi connectivity index (χ3n) is 6.43. The fraction of sp³-hybridized carbons (Fsp3) is 0.667. The highest BCUT2D eigenvalue weighted by Crippen LogP contribution is 2.41. The van der Waals surface area contributed by atoms with Gasteiger partial charge >= 0.3 is 0 Å². The van der Waals surface area contributed by atoms with Gasteiger partial charge in [-0.25, -0.2) is 26.0 Å². The van der Waals surface area contributed by atoms with Gasteiger partial charge in [0.1, 0.15) is 11.6 Å². The van der Waals surface area contributed by atoms with Gasteiger partial charge in [-0.2, -0.15) is 4.31 Å².